The van der Waals surface area contributed by atoms with Crippen molar-refractivity contribution in [1.29, 1.82) is 0 Å². The van der Waals surface area contributed by atoms with Crippen LogP contribution in [0.2, 0.25) is 0 Å². The van der Waals surface area contributed by atoms with Gasteiger partial charge in [0.2, 0.25) is 0 Å². The standard InChI is InChI=1S/C17H18BrN3O4S2/c1-4-24-15(22)12-9(3)13(16(23)25-5-2)27-14(12)21-17(26)20-11-7-6-10(18)8-19-11/h6-8H,4-5H2,1-3H3,(H2,19,20,21,26). The summed E-state index contributed by atoms with van der Waals surface area (Å²) in [4.78, 5) is 29.0. The minimum absolute atomic E-state index is 0.216. The van der Waals surface area contributed by atoms with E-state index in [9.17, 15) is 9.59 Å². The quantitative estimate of drug-likeness (QED) is 0.473. The molecule has 2 N–H and O–H groups in total. The van der Waals surface area contributed by atoms with E-state index in [0.717, 1.165) is 15.8 Å². The second-order valence-electron chi connectivity index (χ2n) is 5.14. The van der Waals surface area contributed by atoms with Gasteiger partial charge in [-0.3, -0.25) is 0 Å². The zero-order valence-electron chi connectivity index (χ0n) is 14.9. The van der Waals surface area contributed by atoms with Crippen molar-refractivity contribution < 1.29 is 19.1 Å². The minimum atomic E-state index is -0.533. The molecule has 0 atom stereocenters. The van der Waals surface area contributed by atoms with Gasteiger partial charge in [0.05, 0.1) is 18.8 Å². The molecule has 27 heavy (non-hydrogen) atoms. The number of pyridine rings is 1. The third-order valence-corrected chi connectivity index (χ3v) is 5.14. The molecule has 0 radical (unpaired) electrons. The summed E-state index contributed by atoms with van der Waals surface area (Å²) in [6, 6.07) is 3.56. The van der Waals surface area contributed by atoms with E-state index < -0.39 is 11.9 Å². The van der Waals surface area contributed by atoms with E-state index in [4.69, 9.17) is 21.7 Å². The van der Waals surface area contributed by atoms with Crippen LogP contribution in [-0.2, 0) is 9.47 Å². The van der Waals surface area contributed by atoms with Crippen LogP contribution in [0.15, 0.2) is 22.8 Å². The number of carbonyl (C=O) groups excluding carboxylic acids is 2. The lowest BCUT2D eigenvalue weighted by molar-refractivity contribution is 0.0527. The molecule has 0 amide bonds. The normalized spacial score (nSPS) is 10.2. The van der Waals surface area contributed by atoms with Crippen LogP contribution < -0.4 is 10.6 Å². The van der Waals surface area contributed by atoms with Gasteiger partial charge in [0.1, 0.15) is 15.7 Å². The van der Waals surface area contributed by atoms with E-state index in [1.165, 1.54) is 0 Å². The van der Waals surface area contributed by atoms with Gasteiger partial charge in [-0.05, 0) is 66.6 Å². The van der Waals surface area contributed by atoms with Crippen LogP contribution in [0.3, 0.4) is 0 Å². The average Bonchev–Trinajstić information content (AvgIpc) is 2.93. The topological polar surface area (TPSA) is 89.5 Å². The zero-order valence-corrected chi connectivity index (χ0v) is 18.1. The molecular formula is C17H18BrN3O4S2. The van der Waals surface area contributed by atoms with Gasteiger partial charge in [0.15, 0.2) is 5.11 Å². The number of ether oxygens (including phenoxy) is 2. The Labute approximate surface area is 174 Å². The predicted octanol–water partition coefficient (Wildman–Crippen LogP) is 4.38. The molecule has 144 valence electrons. The number of aromatic nitrogens is 1. The van der Waals surface area contributed by atoms with E-state index in [-0.39, 0.29) is 23.9 Å². The lowest BCUT2D eigenvalue weighted by Gasteiger charge is -2.10. The Morgan fingerprint density at radius 2 is 1.85 bits per heavy atom. The number of thiocarbonyl (C=S) groups is 1. The summed E-state index contributed by atoms with van der Waals surface area (Å²) in [6.45, 7) is 5.56. The smallest absolute Gasteiger partial charge is 0.348 e. The number of nitrogens with one attached hydrogen (secondary N) is 2. The lowest BCUT2D eigenvalue weighted by atomic mass is 10.1. The van der Waals surface area contributed by atoms with Crippen LogP contribution in [-0.4, -0.2) is 35.2 Å². The van der Waals surface area contributed by atoms with Crippen LogP contribution in [0, 0.1) is 6.92 Å². The maximum atomic E-state index is 12.4. The Balaban J connectivity index is 2.28. The second-order valence-corrected chi connectivity index (χ2v) is 7.49. The van der Waals surface area contributed by atoms with Crippen molar-refractivity contribution in [3.63, 3.8) is 0 Å². The number of rotatable bonds is 6. The van der Waals surface area contributed by atoms with Gasteiger partial charge in [-0.1, -0.05) is 0 Å². The first-order valence-corrected chi connectivity index (χ1v) is 10.1. The third kappa shape index (κ3) is 5.47. The average molecular weight is 472 g/mol. The number of nitrogens with zero attached hydrogens (tertiary/aromatic N) is 1. The molecule has 0 aliphatic rings. The summed E-state index contributed by atoms with van der Waals surface area (Å²) in [5.41, 5.74) is 0.752. The van der Waals surface area contributed by atoms with Crippen LogP contribution in [0.4, 0.5) is 10.8 Å². The molecule has 0 saturated carbocycles. The third-order valence-electron chi connectivity index (χ3n) is 3.28. The van der Waals surface area contributed by atoms with Crippen molar-refractivity contribution in [1.82, 2.24) is 4.98 Å². The Morgan fingerprint density at radius 3 is 2.44 bits per heavy atom. The molecule has 0 bridgehead atoms. The van der Waals surface area contributed by atoms with Crippen molar-refractivity contribution in [2.75, 3.05) is 23.8 Å². The number of carbonyl (C=O) groups is 2. The second kappa shape index (κ2) is 9.77. The van der Waals surface area contributed by atoms with Crippen molar-refractivity contribution in [2.45, 2.75) is 20.8 Å². The molecule has 2 aromatic rings. The molecule has 2 rings (SSSR count). The van der Waals surface area contributed by atoms with E-state index in [0.29, 0.717) is 21.3 Å². The van der Waals surface area contributed by atoms with Gasteiger partial charge in [-0.15, -0.1) is 11.3 Å². The minimum Gasteiger partial charge on any atom is -0.462 e. The Hall–Kier alpha value is -2.04. The highest BCUT2D eigenvalue weighted by Gasteiger charge is 2.26. The molecule has 2 heterocycles. The highest BCUT2D eigenvalue weighted by atomic mass is 79.9. The monoisotopic (exact) mass is 471 g/mol. The SMILES string of the molecule is CCOC(=O)c1sc(NC(=S)Nc2ccc(Br)cn2)c(C(=O)OCC)c1C. The Kier molecular flexibility index (Phi) is 7.69. The van der Waals surface area contributed by atoms with Gasteiger partial charge in [-0.2, -0.15) is 0 Å². The molecule has 0 fully saturated rings. The van der Waals surface area contributed by atoms with E-state index in [2.05, 4.69) is 31.5 Å². The van der Waals surface area contributed by atoms with Crippen LogP contribution in [0.25, 0.3) is 0 Å². The number of esters is 2. The number of halogens is 1. The van der Waals surface area contributed by atoms with Crippen molar-refractivity contribution in [3.05, 3.63) is 38.8 Å². The molecule has 0 aliphatic carbocycles. The molecule has 0 aliphatic heterocycles. The van der Waals surface area contributed by atoms with Crippen molar-refractivity contribution in [3.8, 4) is 0 Å². The molecule has 0 spiro atoms. The fourth-order valence-electron chi connectivity index (χ4n) is 2.14. The Morgan fingerprint density at radius 1 is 1.19 bits per heavy atom. The molecule has 2 aromatic heterocycles. The molecule has 10 heteroatoms. The van der Waals surface area contributed by atoms with Gasteiger partial charge >= 0.3 is 11.9 Å². The van der Waals surface area contributed by atoms with E-state index in [1.807, 2.05) is 6.07 Å². The highest BCUT2D eigenvalue weighted by molar-refractivity contribution is 9.10. The van der Waals surface area contributed by atoms with Gasteiger partial charge < -0.3 is 20.1 Å². The van der Waals surface area contributed by atoms with Crippen molar-refractivity contribution in [2.24, 2.45) is 0 Å². The molecule has 0 aromatic carbocycles. The van der Waals surface area contributed by atoms with E-state index >= 15 is 0 Å². The number of thiophene rings is 1. The molecular weight excluding hydrogens is 454 g/mol. The van der Waals surface area contributed by atoms with Crippen LogP contribution >= 0.6 is 39.5 Å². The lowest BCUT2D eigenvalue weighted by Crippen LogP contribution is -2.20. The summed E-state index contributed by atoms with van der Waals surface area (Å²) in [5.74, 6) is -0.492. The first-order valence-electron chi connectivity index (χ1n) is 8.04. The van der Waals surface area contributed by atoms with E-state index in [1.54, 1.807) is 33.0 Å². The molecule has 0 saturated heterocycles. The Bertz CT molecular complexity index is 853. The van der Waals surface area contributed by atoms with Crippen LogP contribution in [0.5, 0.6) is 0 Å². The number of anilines is 2. The maximum absolute atomic E-state index is 12.4. The first-order chi connectivity index (χ1) is 12.9. The summed E-state index contributed by atoms with van der Waals surface area (Å²) >= 11 is 9.69. The summed E-state index contributed by atoms with van der Waals surface area (Å²) in [7, 11) is 0. The fraction of sp³-hybridized carbons (Fsp3) is 0.294. The fourth-order valence-corrected chi connectivity index (χ4v) is 3.74. The number of hydrogen-bond acceptors (Lipinski definition) is 7. The van der Waals surface area contributed by atoms with Crippen molar-refractivity contribution >= 4 is 67.4 Å². The largest absolute Gasteiger partial charge is 0.462 e. The molecule has 7 nitrogen and oxygen atoms in total. The summed E-state index contributed by atoms with van der Waals surface area (Å²) in [6.07, 6.45) is 1.63. The zero-order chi connectivity index (χ0) is 20.0. The van der Waals surface area contributed by atoms with Gasteiger partial charge in [0, 0.05) is 10.7 Å². The highest BCUT2D eigenvalue weighted by Crippen LogP contribution is 2.34. The summed E-state index contributed by atoms with van der Waals surface area (Å²) < 4.78 is 11.0. The number of hydrogen-bond donors (Lipinski definition) is 2. The summed E-state index contributed by atoms with van der Waals surface area (Å²) in [5, 5.41) is 6.51. The van der Waals surface area contributed by atoms with Gasteiger partial charge in [-0.25, -0.2) is 14.6 Å². The predicted molar refractivity (Wildman–Crippen MR) is 113 cm³/mol. The van der Waals surface area contributed by atoms with Gasteiger partial charge in [0.25, 0.3) is 0 Å². The maximum Gasteiger partial charge on any atom is 0.348 e. The van der Waals surface area contributed by atoms with Crippen LogP contribution in [0.1, 0.15) is 39.4 Å². The molecule has 0 unspecified atom stereocenters. The first kappa shape index (κ1) is 21.3.